The molecular formula is C14H21ClN2O2. The first-order valence-electron chi connectivity index (χ1n) is 6.55. The Balaban J connectivity index is 2.11. The summed E-state index contributed by atoms with van der Waals surface area (Å²) in [7, 11) is 1.58. The second-order valence-corrected chi connectivity index (χ2v) is 5.41. The van der Waals surface area contributed by atoms with Crippen molar-refractivity contribution in [1.29, 1.82) is 0 Å². The molecule has 1 aromatic rings. The van der Waals surface area contributed by atoms with Gasteiger partial charge in [-0.1, -0.05) is 11.6 Å². The predicted octanol–water partition coefficient (Wildman–Crippen LogP) is 2.23. The van der Waals surface area contributed by atoms with Crippen molar-refractivity contribution >= 4 is 11.6 Å². The summed E-state index contributed by atoms with van der Waals surface area (Å²) in [5.41, 5.74) is 13.5. The molecule has 1 fully saturated rings. The Morgan fingerprint density at radius 3 is 2.74 bits per heavy atom. The smallest absolute Gasteiger partial charge is 0.142 e. The summed E-state index contributed by atoms with van der Waals surface area (Å²) in [4.78, 5) is 0. The lowest BCUT2D eigenvalue weighted by Crippen LogP contribution is -2.21. The van der Waals surface area contributed by atoms with Gasteiger partial charge < -0.3 is 20.9 Å². The van der Waals surface area contributed by atoms with Gasteiger partial charge in [-0.25, -0.2) is 0 Å². The van der Waals surface area contributed by atoms with E-state index in [9.17, 15) is 0 Å². The lowest BCUT2D eigenvalue weighted by Gasteiger charge is -2.17. The number of hydrogen-bond acceptors (Lipinski definition) is 4. The first kappa shape index (κ1) is 14.6. The summed E-state index contributed by atoms with van der Waals surface area (Å²) in [6, 6.07) is 3.55. The van der Waals surface area contributed by atoms with Crippen LogP contribution in [0.4, 0.5) is 0 Å². The van der Waals surface area contributed by atoms with Crippen molar-refractivity contribution in [3.05, 3.63) is 28.3 Å². The van der Waals surface area contributed by atoms with Crippen LogP contribution in [-0.2, 0) is 11.3 Å². The van der Waals surface area contributed by atoms with Gasteiger partial charge in [0.05, 0.1) is 18.7 Å². The maximum Gasteiger partial charge on any atom is 0.142 e. The van der Waals surface area contributed by atoms with E-state index in [0.717, 1.165) is 23.7 Å². The van der Waals surface area contributed by atoms with Crippen molar-refractivity contribution in [1.82, 2.24) is 0 Å². The molecule has 0 saturated heterocycles. The third-order valence-electron chi connectivity index (χ3n) is 3.31. The topological polar surface area (TPSA) is 70.5 Å². The van der Waals surface area contributed by atoms with Crippen molar-refractivity contribution in [2.24, 2.45) is 17.4 Å². The first-order chi connectivity index (χ1) is 9.15. The molecule has 2 rings (SSSR count). The number of hydrogen-bond donors (Lipinski definition) is 2. The maximum atomic E-state index is 6.21. The Morgan fingerprint density at radius 1 is 1.42 bits per heavy atom. The molecule has 0 aromatic heterocycles. The van der Waals surface area contributed by atoms with Crippen LogP contribution in [0.25, 0.3) is 0 Å². The zero-order valence-corrected chi connectivity index (χ0v) is 12.0. The minimum absolute atomic E-state index is 0.282. The molecule has 0 radical (unpaired) electrons. The molecule has 0 amide bonds. The standard InChI is InChI=1S/C14H21ClN2O2/c1-18-14-11(13(17)6-16)4-10(5-12(14)15)8-19-7-9-2-3-9/h4-5,9,13H,2-3,6-8,16-17H2,1H3. The third kappa shape index (κ3) is 3.83. The molecule has 1 unspecified atom stereocenters. The van der Waals surface area contributed by atoms with Crippen LogP contribution in [0.15, 0.2) is 12.1 Å². The fourth-order valence-corrected chi connectivity index (χ4v) is 2.33. The van der Waals surface area contributed by atoms with E-state index >= 15 is 0 Å². The fourth-order valence-electron chi connectivity index (χ4n) is 2.00. The number of nitrogens with two attached hydrogens (primary N) is 2. The third-order valence-corrected chi connectivity index (χ3v) is 3.59. The van der Waals surface area contributed by atoms with E-state index in [-0.39, 0.29) is 6.04 Å². The summed E-state index contributed by atoms with van der Waals surface area (Å²) in [5, 5.41) is 0.550. The van der Waals surface area contributed by atoms with Crippen molar-refractivity contribution in [2.75, 3.05) is 20.3 Å². The SMILES string of the molecule is COc1c(Cl)cc(COCC2CC2)cc1C(N)CN. The number of benzene rings is 1. The van der Waals surface area contributed by atoms with Crippen LogP contribution in [0.3, 0.4) is 0 Å². The van der Waals surface area contributed by atoms with Gasteiger partial charge in [-0.05, 0) is 36.5 Å². The molecular weight excluding hydrogens is 264 g/mol. The van der Waals surface area contributed by atoms with Gasteiger partial charge >= 0.3 is 0 Å². The van der Waals surface area contributed by atoms with E-state index in [1.54, 1.807) is 7.11 Å². The second-order valence-electron chi connectivity index (χ2n) is 5.00. The molecule has 4 nitrogen and oxygen atoms in total. The van der Waals surface area contributed by atoms with Crippen LogP contribution >= 0.6 is 11.6 Å². The van der Waals surface area contributed by atoms with Gasteiger partial charge in [0, 0.05) is 24.8 Å². The number of methoxy groups -OCH3 is 1. The number of rotatable bonds is 7. The highest BCUT2D eigenvalue weighted by atomic mass is 35.5. The summed E-state index contributed by atoms with van der Waals surface area (Å²) in [6.07, 6.45) is 2.57. The van der Waals surface area contributed by atoms with Gasteiger partial charge in [-0.3, -0.25) is 0 Å². The van der Waals surface area contributed by atoms with Crippen molar-refractivity contribution < 1.29 is 9.47 Å². The molecule has 0 spiro atoms. The van der Waals surface area contributed by atoms with Gasteiger partial charge in [0.25, 0.3) is 0 Å². The Morgan fingerprint density at radius 2 is 2.16 bits per heavy atom. The minimum atomic E-state index is -0.282. The Kier molecular flexibility index (Phi) is 5.05. The molecule has 0 heterocycles. The summed E-state index contributed by atoms with van der Waals surface area (Å²) < 4.78 is 11.0. The van der Waals surface area contributed by atoms with Crippen molar-refractivity contribution in [2.45, 2.75) is 25.5 Å². The summed E-state index contributed by atoms with van der Waals surface area (Å²) in [5.74, 6) is 1.35. The van der Waals surface area contributed by atoms with E-state index < -0.39 is 0 Å². The Hall–Kier alpha value is -0.810. The molecule has 1 atom stereocenters. The van der Waals surface area contributed by atoms with Crippen LogP contribution in [0.1, 0.15) is 30.0 Å². The fraction of sp³-hybridized carbons (Fsp3) is 0.571. The summed E-state index contributed by atoms with van der Waals surface area (Å²) in [6.45, 7) is 1.71. The quantitative estimate of drug-likeness (QED) is 0.805. The molecule has 1 saturated carbocycles. The first-order valence-corrected chi connectivity index (χ1v) is 6.93. The molecule has 5 heteroatoms. The van der Waals surface area contributed by atoms with Gasteiger partial charge in [-0.2, -0.15) is 0 Å². The molecule has 19 heavy (non-hydrogen) atoms. The molecule has 106 valence electrons. The Bertz CT molecular complexity index is 436. The van der Waals surface area contributed by atoms with E-state index in [0.29, 0.717) is 23.9 Å². The van der Waals surface area contributed by atoms with E-state index in [1.165, 1.54) is 12.8 Å². The molecule has 4 N–H and O–H groups in total. The predicted molar refractivity (Wildman–Crippen MR) is 76.4 cm³/mol. The summed E-state index contributed by atoms with van der Waals surface area (Å²) >= 11 is 6.21. The van der Waals surface area contributed by atoms with Crippen LogP contribution in [-0.4, -0.2) is 20.3 Å². The zero-order chi connectivity index (χ0) is 13.8. The van der Waals surface area contributed by atoms with Gasteiger partial charge in [0.2, 0.25) is 0 Å². The molecule has 0 aliphatic heterocycles. The van der Waals surface area contributed by atoms with E-state index in [2.05, 4.69) is 0 Å². The second kappa shape index (κ2) is 6.57. The largest absolute Gasteiger partial charge is 0.495 e. The molecule has 1 aliphatic carbocycles. The highest BCUT2D eigenvalue weighted by Crippen LogP contribution is 2.34. The highest BCUT2D eigenvalue weighted by Gasteiger charge is 2.21. The van der Waals surface area contributed by atoms with Crippen LogP contribution in [0.2, 0.25) is 5.02 Å². The average molecular weight is 285 g/mol. The number of halogens is 1. The van der Waals surface area contributed by atoms with Crippen LogP contribution in [0.5, 0.6) is 5.75 Å². The van der Waals surface area contributed by atoms with Gasteiger partial charge in [0.15, 0.2) is 0 Å². The molecule has 1 aliphatic rings. The number of ether oxygens (including phenoxy) is 2. The minimum Gasteiger partial charge on any atom is -0.495 e. The monoisotopic (exact) mass is 284 g/mol. The highest BCUT2D eigenvalue weighted by molar-refractivity contribution is 6.32. The Labute approximate surface area is 119 Å². The maximum absolute atomic E-state index is 6.21. The molecule has 0 bridgehead atoms. The zero-order valence-electron chi connectivity index (χ0n) is 11.2. The van der Waals surface area contributed by atoms with Crippen molar-refractivity contribution in [3.63, 3.8) is 0 Å². The van der Waals surface area contributed by atoms with E-state index in [4.69, 9.17) is 32.5 Å². The lowest BCUT2D eigenvalue weighted by atomic mass is 10.0. The van der Waals surface area contributed by atoms with Gasteiger partial charge in [-0.15, -0.1) is 0 Å². The average Bonchev–Trinajstić information content (AvgIpc) is 3.21. The van der Waals surface area contributed by atoms with Crippen LogP contribution in [0, 0.1) is 5.92 Å². The van der Waals surface area contributed by atoms with Crippen molar-refractivity contribution in [3.8, 4) is 5.75 Å². The van der Waals surface area contributed by atoms with Gasteiger partial charge in [0.1, 0.15) is 5.75 Å². The van der Waals surface area contributed by atoms with Crippen LogP contribution < -0.4 is 16.2 Å². The molecule has 1 aromatic carbocycles. The van der Waals surface area contributed by atoms with E-state index in [1.807, 2.05) is 12.1 Å². The lowest BCUT2D eigenvalue weighted by molar-refractivity contribution is 0.111. The normalized spacial score (nSPS) is 16.4.